The summed E-state index contributed by atoms with van der Waals surface area (Å²) in [6.45, 7) is 6.71. The Hall–Kier alpha value is -2.50. The zero-order valence-corrected chi connectivity index (χ0v) is 12.2. The van der Waals surface area contributed by atoms with E-state index in [0.717, 1.165) is 0 Å². The fourth-order valence-electron chi connectivity index (χ4n) is 1.82. The number of para-hydroxylation sites is 1. The number of hydrogen-bond donors (Lipinski definition) is 1. The van der Waals surface area contributed by atoms with Gasteiger partial charge in [-0.3, -0.25) is 4.79 Å². The van der Waals surface area contributed by atoms with Gasteiger partial charge in [0.1, 0.15) is 5.60 Å². The topological polar surface area (TPSA) is 86.0 Å². The second-order valence-electron chi connectivity index (χ2n) is 5.51. The Morgan fingerprint density at radius 3 is 2.52 bits per heavy atom. The number of aromatic hydroxyl groups is 1. The molecule has 1 aromatic heterocycles. The first-order valence-corrected chi connectivity index (χ1v) is 6.35. The van der Waals surface area contributed by atoms with Crippen molar-refractivity contribution in [3.63, 3.8) is 0 Å². The van der Waals surface area contributed by atoms with E-state index in [4.69, 9.17) is 13.9 Å². The third-order valence-electron chi connectivity index (χ3n) is 2.49. The molecular weight excluding hydrogens is 276 g/mol. The van der Waals surface area contributed by atoms with E-state index in [9.17, 15) is 14.7 Å². The first-order valence-electron chi connectivity index (χ1n) is 6.35. The third-order valence-corrected chi connectivity index (χ3v) is 2.49. The van der Waals surface area contributed by atoms with Gasteiger partial charge in [0.15, 0.2) is 17.1 Å². The van der Waals surface area contributed by atoms with E-state index in [1.165, 1.54) is 6.92 Å². The maximum absolute atomic E-state index is 11.7. The van der Waals surface area contributed by atoms with E-state index in [0.29, 0.717) is 5.75 Å². The molecule has 1 N–H and O–H groups in total. The second-order valence-corrected chi connectivity index (χ2v) is 5.51. The van der Waals surface area contributed by atoms with Gasteiger partial charge in [0.25, 0.3) is 0 Å². The molecule has 0 aliphatic rings. The van der Waals surface area contributed by atoms with Crippen LogP contribution in [0.5, 0.6) is 17.2 Å². The minimum atomic E-state index is -0.997. The highest BCUT2D eigenvalue weighted by Crippen LogP contribution is 2.37. The fourth-order valence-corrected chi connectivity index (χ4v) is 1.82. The van der Waals surface area contributed by atoms with Gasteiger partial charge in [-0.25, -0.2) is 4.79 Å². The minimum Gasteiger partial charge on any atom is -0.499 e. The average molecular weight is 292 g/mol. The number of hydrogen-bond acceptors (Lipinski definition) is 6. The van der Waals surface area contributed by atoms with E-state index in [-0.39, 0.29) is 16.7 Å². The monoisotopic (exact) mass is 292 g/mol. The van der Waals surface area contributed by atoms with Gasteiger partial charge < -0.3 is 19.0 Å². The highest BCUT2D eigenvalue weighted by atomic mass is 16.5. The Labute approximate surface area is 120 Å². The van der Waals surface area contributed by atoms with Gasteiger partial charge >= 0.3 is 11.6 Å². The first-order chi connectivity index (χ1) is 9.69. The van der Waals surface area contributed by atoms with Crippen LogP contribution in [-0.4, -0.2) is 16.7 Å². The van der Waals surface area contributed by atoms with Crippen molar-refractivity contribution >= 4 is 16.9 Å². The van der Waals surface area contributed by atoms with Gasteiger partial charge in [-0.2, -0.15) is 0 Å². The predicted molar refractivity (Wildman–Crippen MR) is 75.8 cm³/mol. The van der Waals surface area contributed by atoms with Gasteiger partial charge in [0.2, 0.25) is 5.75 Å². The molecule has 0 amide bonds. The number of benzene rings is 1. The summed E-state index contributed by atoms with van der Waals surface area (Å²) in [4.78, 5) is 22.8. The molecule has 0 fully saturated rings. The van der Waals surface area contributed by atoms with Crippen molar-refractivity contribution in [3.05, 3.63) is 28.6 Å². The largest absolute Gasteiger partial charge is 0.499 e. The lowest BCUT2D eigenvalue weighted by Gasteiger charge is -2.21. The lowest BCUT2D eigenvalue weighted by molar-refractivity contribution is -0.131. The van der Waals surface area contributed by atoms with Crippen LogP contribution < -0.4 is 15.1 Å². The normalized spacial score (nSPS) is 11.4. The molecule has 0 aliphatic carbocycles. The van der Waals surface area contributed by atoms with Crippen molar-refractivity contribution < 1.29 is 23.8 Å². The predicted octanol–water partition coefficient (Wildman–Crippen LogP) is 2.60. The lowest BCUT2D eigenvalue weighted by atomic mass is 10.1. The van der Waals surface area contributed by atoms with E-state index < -0.39 is 22.9 Å². The molecule has 2 aromatic rings. The summed E-state index contributed by atoms with van der Waals surface area (Å²) in [7, 11) is 0. The van der Waals surface area contributed by atoms with Crippen LogP contribution in [-0.2, 0) is 4.79 Å². The maximum atomic E-state index is 11.7. The molecule has 21 heavy (non-hydrogen) atoms. The summed E-state index contributed by atoms with van der Waals surface area (Å²) < 4.78 is 15.7. The Morgan fingerprint density at radius 2 is 1.95 bits per heavy atom. The summed E-state index contributed by atoms with van der Waals surface area (Å²) >= 11 is 0. The van der Waals surface area contributed by atoms with Gasteiger partial charge in [0.05, 0.1) is 5.39 Å². The van der Waals surface area contributed by atoms with Gasteiger partial charge in [0, 0.05) is 6.92 Å². The molecule has 6 nitrogen and oxygen atoms in total. The molecule has 112 valence electrons. The lowest BCUT2D eigenvalue weighted by Crippen LogP contribution is -2.23. The fraction of sp³-hybridized carbons (Fsp3) is 0.333. The van der Waals surface area contributed by atoms with Crippen molar-refractivity contribution in [1.82, 2.24) is 0 Å². The smallest absolute Gasteiger partial charge is 0.382 e. The van der Waals surface area contributed by atoms with Crippen molar-refractivity contribution in [3.8, 4) is 17.2 Å². The minimum absolute atomic E-state index is 0.117. The highest BCUT2D eigenvalue weighted by molar-refractivity contribution is 5.91. The zero-order valence-electron chi connectivity index (χ0n) is 12.2. The summed E-state index contributed by atoms with van der Waals surface area (Å²) in [6.07, 6.45) is 0. The zero-order chi connectivity index (χ0) is 15.8. The van der Waals surface area contributed by atoms with Crippen LogP contribution in [0.15, 0.2) is 27.4 Å². The summed E-state index contributed by atoms with van der Waals surface area (Å²) in [6, 6.07) is 4.84. The highest BCUT2D eigenvalue weighted by Gasteiger charge is 2.21. The molecule has 1 aromatic carbocycles. The molecule has 0 atom stereocenters. The van der Waals surface area contributed by atoms with Crippen molar-refractivity contribution in [2.45, 2.75) is 33.3 Å². The number of carbonyl (C=O) groups excluding carboxylic acids is 1. The van der Waals surface area contributed by atoms with Crippen LogP contribution in [0.4, 0.5) is 0 Å². The van der Waals surface area contributed by atoms with Crippen LogP contribution >= 0.6 is 0 Å². The van der Waals surface area contributed by atoms with Crippen LogP contribution in [0.1, 0.15) is 27.7 Å². The number of fused-ring (bicyclic) bond motifs is 1. The van der Waals surface area contributed by atoms with E-state index in [1.54, 1.807) is 18.2 Å². The molecule has 1 heterocycles. The van der Waals surface area contributed by atoms with E-state index >= 15 is 0 Å². The summed E-state index contributed by atoms with van der Waals surface area (Å²) in [5.41, 5.74) is -1.39. The number of esters is 1. The van der Waals surface area contributed by atoms with E-state index in [1.807, 2.05) is 20.8 Å². The molecule has 0 bridgehead atoms. The molecule has 0 aliphatic heterocycles. The quantitative estimate of drug-likeness (QED) is 0.676. The number of carbonyl (C=O) groups is 1. The first kappa shape index (κ1) is 14.9. The number of ether oxygens (including phenoxy) is 2. The van der Waals surface area contributed by atoms with Gasteiger partial charge in [-0.05, 0) is 32.9 Å². The molecule has 0 unspecified atom stereocenters. The van der Waals surface area contributed by atoms with Crippen LogP contribution in [0.25, 0.3) is 11.0 Å². The van der Waals surface area contributed by atoms with Crippen LogP contribution in [0.2, 0.25) is 0 Å². The van der Waals surface area contributed by atoms with Crippen molar-refractivity contribution in [1.29, 1.82) is 0 Å². The third kappa shape index (κ3) is 3.16. The molecule has 0 radical (unpaired) electrons. The molecule has 0 spiro atoms. The summed E-state index contributed by atoms with van der Waals surface area (Å²) in [5, 5.41) is 10.0. The Morgan fingerprint density at radius 1 is 1.29 bits per heavy atom. The van der Waals surface area contributed by atoms with Crippen LogP contribution in [0, 0.1) is 0 Å². The molecule has 0 saturated carbocycles. The maximum Gasteiger partial charge on any atom is 0.382 e. The van der Waals surface area contributed by atoms with Crippen molar-refractivity contribution in [2.75, 3.05) is 0 Å². The Bertz CT molecular complexity index is 751. The standard InChI is InChI=1S/C15H16O6/c1-8(16)19-13-9-6-5-7-10(21-15(2,3)4)12(9)20-14(18)11(13)17/h5-7,17H,1-4H3. The molecule has 2 rings (SSSR count). The Balaban J connectivity index is 2.74. The summed E-state index contributed by atoms with van der Waals surface area (Å²) in [5.74, 6) is -1.30. The molecular formula is C15H16O6. The molecule has 6 heteroatoms. The van der Waals surface area contributed by atoms with Crippen LogP contribution in [0.3, 0.4) is 0 Å². The van der Waals surface area contributed by atoms with Crippen molar-refractivity contribution in [2.24, 2.45) is 0 Å². The Kier molecular flexibility index (Phi) is 3.63. The SMILES string of the molecule is CC(=O)Oc1c(O)c(=O)oc2c(OC(C)(C)C)cccc12. The van der Waals surface area contributed by atoms with Gasteiger partial charge in [-0.15, -0.1) is 0 Å². The number of rotatable bonds is 2. The average Bonchev–Trinajstić information content (AvgIpc) is 2.34. The van der Waals surface area contributed by atoms with E-state index in [2.05, 4.69) is 0 Å². The molecule has 0 saturated heterocycles. The van der Waals surface area contributed by atoms with Gasteiger partial charge in [-0.1, -0.05) is 6.07 Å². The second kappa shape index (κ2) is 5.12.